The quantitative estimate of drug-likeness (QED) is 0.740. The predicted molar refractivity (Wildman–Crippen MR) is 85.6 cm³/mol. The molecule has 7 heteroatoms. The second-order valence-electron chi connectivity index (χ2n) is 5.61. The van der Waals surface area contributed by atoms with Gasteiger partial charge in [0.2, 0.25) is 0 Å². The fourth-order valence-corrected chi connectivity index (χ4v) is 3.44. The molecule has 0 saturated heterocycles. The van der Waals surface area contributed by atoms with Crippen LogP contribution in [-0.4, -0.2) is 17.2 Å². The fourth-order valence-electron chi connectivity index (χ4n) is 2.82. The zero-order valence-electron chi connectivity index (χ0n) is 12.7. The number of halogens is 4. The van der Waals surface area contributed by atoms with Crippen LogP contribution in [0.5, 0.6) is 5.75 Å². The third-order valence-electron chi connectivity index (χ3n) is 3.77. The van der Waals surface area contributed by atoms with Crippen molar-refractivity contribution < 1.29 is 22.7 Å². The summed E-state index contributed by atoms with van der Waals surface area (Å²) in [5, 5.41) is 0. The number of hydrogen-bond donors (Lipinski definition) is 0. The molecule has 0 radical (unpaired) electrons. The normalized spacial score (nSPS) is 14.0. The summed E-state index contributed by atoms with van der Waals surface area (Å²) >= 11 is 3.42. The predicted octanol–water partition coefficient (Wildman–Crippen LogP) is 4.81. The number of ether oxygens (including phenoxy) is 1. The van der Waals surface area contributed by atoms with Crippen molar-refractivity contribution in [1.29, 1.82) is 0 Å². The van der Waals surface area contributed by atoms with Gasteiger partial charge in [-0.05, 0) is 47.9 Å². The van der Waals surface area contributed by atoms with Crippen molar-refractivity contribution in [1.82, 2.24) is 4.90 Å². The van der Waals surface area contributed by atoms with Crippen molar-refractivity contribution in [3.8, 4) is 5.75 Å². The highest BCUT2D eigenvalue weighted by atomic mass is 79.9. The van der Waals surface area contributed by atoms with Crippen LogP contribution in [0.4, 0.5) is 13.2 Å². The molecule has 2 aromatic carbocycles. The summed E-state index contributed by atoms with van der Waals surface area (Å²) in [6.45, 7) is 2.69. The van der Waals surface area contributed by atoms with Crippen LogP contribution in [0.2, 0.25) is 0 Å². The van der Waals surface area contributed by atoms with E-state index in [1.54, 1.807) is 4.90 Å². The Bertz CT molecular complexity index is 788. The van der Waals surface area contributed by atoms with Crippen molar-refractivity contribution in [2.75, 3.05) is 0 Å². The SMILES string of the molecule is Cc1cc(Br)cc2c1C(=O)N(Cc1ccc(OC(F)(F)F)cc1)C2. The van der Waals surface area contributed by atoms with Crippen LogP contribution in [0, 0.1) is 6.92 Å². The van der Waals surface area contributed by atoms with E-state index >= 15 is 0 Å². The van der Waals surface area contributed by atoms with Gasteiger partial charge >= 0.3 is 6.36 Å². The van der Waals surface area contributed by atoms with Gasteiger partial charge in [0.25, 0.3) is 5.91 Å². The van der Waals surface area contributed by atoms with Gasteiger partial charge in [-0.2, -0.15) is 0 Å². The van der Waals surface area contributed by atoms with Crippen LogP contribution in [-0.2, 0) is 13.1 Å². The van der Waals surface area contributed by atoms with Crippen molar-refractivity contribution in [2.24, 2.45) is 0 Å². The lowest BCUT2D eigenvalue weighted by atomic mass is 10.0. The van der Waals surface area contributed by atoms with Crippen LogP contribution in [0.1, 0.15) is 27.0 Å². The molecule has 0 atom stereocenters. The van der Waals surface area contributed by atoms with Gasteiger partial charge in [-0.1, -0.05) is 28.1 Å². The van der Waals surface area contributed by atoms with Gasteiger partial charge < -0.3 is 9.64 Å². The first kappa shape index (κ1) is 16.8. The van der Waals surface area contributed by atoms with Gasteiger partial charge in [-0.3, -0.25) is 4.79 Å². The minimum Gasteiger partial charge on any atom is -0.406 e. The Kier molecular flexibility index (Phi) is 4.29. The monoisotopic (exact) mass is 399 g/mol. The number of hydrogen-bond acceptors (Lipinski definition) is 2. The number of fused-ring (bicyclic) bond motifs is 1. The Morgan fingerprint density at radius 1 is 1.21 bits per heavy atom. The molecule has 0 spiro atoms. The number of nitrogens with zero attached hydrogens (tertiary/aromatic N) is 1. The summed E-state index contributed by atoms with van der Waals surface area (Å²) < 4.78 is 41.3. The Morgan fingerprint density at radius 2 is 1.88 bits per heavy atom. The third-order valence-corrected chi connectivity index (χ3v) is 4.23. The molecule has 0 unspecified atom stereocenters. The first-order valence-electron chi connectivity index (χ1n) is 7.16. The third kappa shape index (κ3) is 3.56. The highest BCUT2D eigenvalue weighted by Gasteiger charge is 2.31. The van der Waals surface area contributed by atoms with Crippen molar-refractivity contribution in [2.45, 2.75) is 26.4 Å². The Labute approximate surface area is 145 Å². The zero-order chi connectivity index (χ0) is 17.5. The average molecular weight is 400 g/mol. The summed E-state index contributed by atoms with van der Waals surface area (Å²) in [4.78, 5) is 14.2. The van der Waals surface area contributed by atoms with Crippen molar-refractivity contribution in [3.05, 3.63) is 63.1 Å². The summed E-state index contributed by atoms with van der Waals surface area (Å²) in [5.41, 5.74) is 3.29. The van der Waals surface area contributed by atoms with E-state index in [2.05, 4.69) is 20.7 Å². The molecule has 1 amide bonds. The van der Waals surface area contributed by atoms with Crippen LogP contribution in [0.25, 0.3) is 0 Å². The van der Waals surface area contributed by atoms with E-state index in [9.17, 15) is 18.0 Å². The molecule has 0 aliphatic carbocycles. The molecular formula is C17H13BrF3NO2. The fraction of sp³-hybridized carbons (Fsp3) is 0.235. The lowest BCUT2D eigenvalue weighted by Gasteiger charge is -2.16. The smallest absolute Gasteiger partial charge is 0.406 e. The topological polar surface area (TPSA) is 29.5 Å². The number of amides is 1. The molecule has 0 fully saturated rings. The molecule has 0 bridgehead atoms. The average Bonchev–Trinajstić information content (AvgIpc) is 2.76. The molecule has 1 heterocycles. The first-order chi connectivity index (χ1) is 11.2. The van der Waals surface area contributed by atoms with Gasteiger partial charge in [0.05, 0.1) is 0 Å². The summed E-state index contributed by atoms with van der Waals surface area (Å²) in [6, 6.07) is 9.36. The number of aryl methyl sites for hydroxylation is 1. The molecule has 1 aliphatic heterocycles. The van der Waals surface area contributed by atoms with Crippen LogP contribution < -0.4 is 4.74 Å². The van der Waals surface area contributed by atoms with Gasteiger partial charge in [0.15, 0.2) is 0 Å². The minimum atomic E-state index is -4.71. The van der Waals surface area contributed by atoms with Gasteiger partial charge in [-0.25, -0.2) is 0 Å². The van der Waals surface area contributed by atoms with E-state index in [1.165, 1.54) is 24.3 Å². The highest BCUT2D eigenvalue weighted by molar-refractivity contribution is 9.10. The summed E-state index contributed by atoms with van der Waals surface area (Å²) in [6.07, 6.45) is -4.71. The largest absolute Gasteiger partial charge is 0.573 e. The molecule has 1 aliphatic rings. The second kappa shape index (κ2) is 6.12. The number of rotatable bonds is 3. The molecule has 0 saturated carbocycles. The Hall–Kier alpha value is -2.02. The van der Waals surface area contributed by atoms with Crippen LogP contribution >= 0.6 is 15.9 Å². The lowest BCUT2D eigenvalue weighted by Crippen LogP contribution is -2.23. The Balaban J connectivity index is 1.74. The molecule has 0 N–H and O–H groups in total. The minimum absolute atomic E-state index is 0.0642. The summed E-state index contributed by atoms with van der Waals surface area (Å²) in [7, 11) is 0. The van der Waals surface area contributed by atoms with Crippen molar-refractivity contribution in [3.63, 3.8) is 0 Å². The van der Waals surface area contributed by atoms with E-state index in [-0.39, 0.29) is 11.7 Å². The molecule has 3 rings (SSSR count). The maximum absolute atomic E-state index is 12.5. The molecule has 24 heavy (non-hydrogen) atoms. The Morgan fingerprint density at radius 3 is 2.50 bits per heavy atom. The maximum Gasteiger partial charge on any atom is 0.573 e. The van der Waals surface area contributed by atoms with Gasteiger partial charge in [0.1, 0.15) is 5.75 Å². The molecular weight excluding hydrogens is 387 g/mol. The number of carbonyl (C=O) groups excluding carboxylic acids is 1. The van der Waals surface area contributed by atoms with E-state index in [0.717, 1.165) is 21.2 Å². The van der Waals surface area contributed by atoms with E-state index in [0.29, 0.717) is 18.7 Å². The molecule has 2 aromatic rings. The molecule has 126 valence electrons. The zero-order valence-corrected chi connectivity index (χ0v) is 14.2. The first-order valence-corrected chi connectivity index (χ1v) is 7.95. The van der Waals surface area contributed by atoms with Crippen LogP contribution in [0.15, 0.2) is 40.9 Å². The van der Waals surface area contributed by atoms with E-state index < -0.39 is 6.36 Å². The van der Waals surface area contributed by atoms with Gasteiger partial charge in [-0.15, -0.1) is 13.2 Å². The van der Waals surface area contributed by atoms with E-state index in [4.69, 9.17) is 0 Å². The summed E-state index contributed by atoms with van der Waals surface area (Å²) in [5.74, 6) is -0.340. The molecule has 3 nitrogen and oxygen atoms in total. The number of carbonyl (C=O) groups is 1. The van der Waals surface area contributed by atoms with Crippen molar-refractivity contribution >= 4 is 21.8 Å². The maximum atomic E-state index is 12.5. The standard InChI is InChI=1S/C17H13BrF3NO2/c1-10-6-13(18)7-12-9-22(16(23)15(10)12)8-11-2-4-14(5-3-11)24-17(19,20)21/h2-7H,8-9H2,1H3. The highest BCUT2D eigenvalue weighted by Crippen LogP contribution is 2.30. The number of alkyl halides is 3. The van der Waals surface area contributed by atoms with Crippen LogP contribution in [0.3, 0.4) is 0 Å². The van der Waals surface area contributed by atoms with Gasteiger partial charge in [0, 0.05) is 23.1 Å². The molecule has 0 aromatic heterocycles. The number of benzene rings is 2. The van der Waals surface area contributed by atoms with E-state index in [1.807, 2.05) is 19.1 Å². The lowest BCUT2D eigenvalue weighted by molar-refractivity contribution is -0.274. The second-order valence-corrected chi connectivity index (χ2v) is 6.53.